The Morgan fingerprint density at radius 2 is 2.00 bits per heavy atom. The van der Waals surface area contributed by atoms with Gasteiger partial charge in [-0.3, -0.25) is 5.10 Å². The predicted octanol–water partition coefficient (Wildman–Crippen LogP) is 0.546. The highest BCUT2D eigenvalue weighted by Crippen LogP contribution is 2.21. The fraction of sp³-hybridized carbons (Fsp3) is 0.0909. The van der Waals surface area contributed by atoms with Gasteiger partial charge >= 0.3 is 6.09 Å². The summed E-state index contributed by atoms with van der Waals surface area (Å²) in [6.45, 7) is 0. The van der Waals surface area contributed by atoms with Gasteiger partial charge in [0.15, 0.2) is 0 Å². The Morgan fingerprint density at radius 3 is 2.55 bits per heavy atom. The van der Waals surface area contributed by atoms with Gasteiger partial charge in [-0.2, -0.15) is 10.1 Å². The van der Waals surface area contributed by atoms with Crippen LogP contribution in [0.25, 0.3) is 11.3 Å². The second-order valence-electron chi connectivity index (χ2n) is 3.98. The van der Waals surface area contributed by atoms with Gasteiger partial charge < -0.3 is 5.11 Å². The van der Waals surface area contributed by atoms with E-state index < -0.39 is 16.8 Å². The fourth-order valence-corrected chi connectivity index (χ4v) is 2.12. The number of benzene rings is 1. The van der Waals surface area contributed by atoms with Gasteiger partial charge in [0.25, 0.3) is 0 Å². The fourth-order valence-electron chi connectivity index (χ4n) is 1.62. The zero-order valence-electron chi connectivity index (χ0n) is 10.2. The zero-order valence-corrected chi connectivity index (χ0v) is 11.1. The van der Waals surface area contributed by atoms with Crippen LogP contribution in [0.4, 0.5) is 10.6 Å². The normalized spacial score (nSPS) is 10.7. The molecule has 8 nitrogen and oxygen atoms in total. The molecule has 2 rings (SSSR count). The van der Waals surface area contributed by atoms with Crippen LogP contribution in [-0.4, -0.2) is 29.8 Å². The van der Waals surface area contributed by atoms with Crippen LogP contribution in [0.15, 0.2) is 30.3 Å². The maximum absolute atomic E-state index is 10.7. The molecule has 0 spiro atoms. The van der Waals surface area contributed by atoms with Crippen LogP contribution in [-0.2, 0) is 16.5 Å². The number of nitrogens with one attached hydrogen (secondary N) is 1. The van der Waals surface area contributed by atoms with Crippen molar-refractivity contribution >= 4 is 22.6 Å². The van der Waals surface area contributed by atoms with E-state index in [9.17, 15) is 13.2 Å². The molecule has 9 heteroatoms. The molecular formula is C11H12N4O4S. The van der Waals surface area contributed by atoms with E-state index in [1.807, 2.05) is 0 Å². The number of hydrogen-bond donors (Lipinski definition) is 4. The van der Waals surface area contributed by atoms with Gasteiger partial charge in [-0.15, -0.1) is 0 Å². The number of hydrogen-bond acceptors (Lipinski definition) is 5. The number of H-pyrrole nitrogens is 1. The largest absolute Gasteiger partial charge is 0.464 e. The summed E-state index contributed by atoms with van der Waals surface area (Å²) in [6, 6.07) is 8.24. The number of carbonyl (C=O) groups is 1. The van der Waals surface area contributed by atoms with E-state index in [0.717, 1.165) is 5.56 Å². The van der Waals surface area contributed by atoms with Gasteiger partial charge in [-0.25, -0.2) is 19.1 Å². The number of amides is 1. The maximum atomic E-state index is 10.7. The zero-order chi connectivity index (χ0) is 14.7. The highest BCUT2D eigenvalue weighted by Gasteiger charge is 2.13. The molecule has 2 aromatic rings. The lowest BCUT2D eigenvalue weighted by Crippen LogP contribution is -2.36. The number of thiol groups is 1. The lowest BCUT2D eigenvalue weighted by molar-refractivity contribution is 0.201. The molecule has 0 saturated heterocycles. The first-order chi connectivity index (χ1) is 9.47. The van der Waals surface area contributed by atoms with E-state index in [1.54, 1.807) is 24.3 Å². The molecule has 1 aromatic carbocycles. The summed E-state index contributed by atoms with van der Waals surface area (Å²) in [5.74, 6) is 5.42. The first-order valence-corrected chi connectivity index (χ1v) is 6.88. The number of carboxylic acid groups (broad SMARTS) is 1. The SMILES string of the molecule is NN(C(=O)O)c1cc(-c2ccc(C[SH](=O)=O)cc2)n[nH]1. The van der Waals surface area contributed by atoms with E-state index in [0.29, 0.717) is 16.3 Å². The van der Waals surface area contributed by atoms with Crippen molar-refractivity contribution in [1.82, 2.24) is 10.2 Å². The van der Waals surface area contributed by atoms with Crippen LogP contribution in [0, 0.1) is 0 Å². The summed E-state index contributed by atoms with van der Waals surface area (Å²) in [7, 11) is -2.46. The average molecular weight is 296 g/mol. The number of nitrogens with zero attached hydrogens (tertiary/aromatic N) is 2. The van der Waals surface area contributed by atoms with Crippen molar-refractivity contribution in [1.29, 1.82) is 0 Å². The quantitative estimate of drug-likeness (QED) is 0.282. The third kappa shape index (κ3) is 3.13. The number of rotatable bonds is 4. The summed E-state index contributed by atoms with van der Waals surface area (Å²) in [6.07, 6.45) is -1.31. The van der Waals surface area contributed by atoms with Crippen molar-refractivity contribution in [3.05, 3.63) is 35.9 Å². The van der Waals surface area contributed by atoms with E-state index in [-0.39, 0.29) is 11.6 Å². The molecule has 1 heterocycles. The molecule has 0 fully saturated rings. The first-order valence-electron chi connectivity index (χ1n) is 5.51. The molecule has 1 aromatic heterocycles. The van der Waals surface area contributed by atoms with E-state index >= 15 is 0 Å². The van der Waals surface area contributed by atoms with Gasteiger partial charge in [0.2, 0.25) is 0 Å². The predicted molar refractivity (Wildman–Crippen MR) is 72.7 cm³/mol. The topological polar surface area (TPSA) is 129 Å². The smallest absolute Gasteiger partial charge is 0.427 e. The summed E-state index contributed by atoms with van der Waals surface area (Å²) >= 11 is 0. The molecule has 0 atom stereocenters. The molecule has 0 saturated carbocycles. The summed E-state index contributed by atoms with van der Waals surface area (Å²) in [5, 5.41) is 15.7. The molecule has 4 N–H and O–H groups in total. The number of aromatic amines is 1. The lowest BCUT2D eigenvalue weighted by atomic mass is 10.1. The second-order valence-corrected chi connectivity index (χ2v) is 4.96. The van der Waals surface area contributed by atoms with Gasteiger partial charge in [0.1, 0.15) is 16.5 Å². The Kier molecular flexibility index (Phi) is 4.01. The van der Waals surface area contributed by atoms with Crippen molar-refractivity contribution in [2.24, 2.45) is 5.84 Å². The molecule has 20 heavy (non-hydrogen) atoms. The van der Waals surface area contributed by atoms with Crippen LogP contribution in [0.3, 0.4) is 0 Å². The Labute approximate surface area is 115 Å². The highest BCUT2D eigenvalue weighted by molar-refractivity contribution is 7.71. The van der Waals surface area contributed by atoms with E-state index in [4.69, 9.17) is 10.9 Å². The molecule has 0 aliphatic rings. The summed E-state index contributed by atoms with van der Waals surface area (Å²) in [5.41, 5.74) is 1.90. The van der Waals surface area contributed by atoms with Crippen LogP contribution < -0.4 is 10.9 Å². The molecule has 0 bridgehead atoms. The summed E-state index contributed by atoms with van der Waals surface area (Å²) in [4.78, 5) is 10.7. The molecule has 106 valence electrons. The Hall–Kier alpha value is -2.39. The molecule has 0 aliphatic carbocycles. The number of hydrazine groups is 1. The van der Waals surface area contributed by atoms with Gasteiger partial charge in [0.05, 0.1) is 11.4 Å². The van der Waals surface area contributed by atoms with Crippen molar-refractivity contribution < 1.29 is 18.3 Å². The minimum Gasteiger partial charge on any atom is -0.464 e. The van der Waals surface area contributed by atoms with Gasteiger partial charge in [-0.1, -0.05) is 24.3 Å². The minimum atomic E-state index is -2.46. The second kappa shape index (κ2) is 5.72. The molecule has 0 aliphatic heterocycles. The van der Waals surface area contributed by atoms with E-state index in [2.05, 4.69) is 10.2 Å². The Morgan fingerprint density at radius 1 is 1.35 bits per heavy atom. The average Bonchev–Trinajstić information content (AvgIpc) is 2.87. The first kappa shape index (κ1) is 14.0. The molecule has 0 unspecified atom stereocenters. The number of nitrogens with two attached hydrogens (primary N) is 1. The van der Waals surface area contributed by atoms with Crippen LogP contribution in [0.5, 0.6) is 0 Å². The third-order valence-electron chi connectivity index (χ3n) is 2.59. The van der Waals surface area contributed by atoms with Crippen molar-refractivity contribution in [3.8, 4) is 11.3 Å². The standard InChI is InChI=1S/C11H12N4O4S/c12-15(11(16)17)10-5-9(13-14-10)8-3-1-7(2-4-8)6-20(18)19/h1-5,20H,6,12H2,(H,13,14)(H,16,17). The van der Waals surface area contributed by atoms with E-state index in [1.165, 1.54) is 6.07 Å². The molecule has 0 radical (unpaired) electrons. The number of aromatic nitrogens is 2. The highest BCUT2D eigenvalue weighted by atomic mass is 32.2. The van der Waals surface area contributed by atoms with Crippen molar-refractivity contribution in [2.45, 2.75) is 5.75 Å². The lowest BCUT2D eigenvalue weighted by Gasteiger charge is -2.07. The summed E-state index contributed by atoms with van der Waals surface area (Å²) < 4.78 is 21.2. The van der Waals surface area contributed by atoms with Crippen molar-refractivity contribution in [3.63, 3.8) is 0 Å². The Balaban J connectivity index is 2.22. The minimum absolute atomic E-state index is 0.0168. The number of anilines is 1. The Bertz CT molecular complexity index is 685. The third-order valence-corrected chi connectivity index (χ3v) is 3.21. The van der Waals surface area contributed by atoms with Crippen molar-refractivity contribution in [2.75, 3.05) is 5.01 Å². The molecule has 1 amide bonds. The monoisotopic (exact) mass is 296 g/mol. The van der Waals surface area contributed by atoms with Crippen LogP contribution in [0.2, 0.25) is 0 Å². The molecular weight excluding hydrogens is 284 g/mol. The maximum Gasteiger partial charge on any atom is 0.427 e. The van der Waals surface area contributed by atoms with Gasteiger partial charge in [-0.05, 0) is 5.56 Å². The van der Waals surface area contributed by atoms with Crippen LogP contribution >= 0.6 is 0 Å². The van der Waals surface area contributed by atoms with Gasteiger partial charge in [0, 0.05) is 11.6 Å². The van der Waals surface area contributed by atoms with Crippen LogP contribution in [0.1, 0.15) is 5.56 Å².